The summed E-state index contributed by atoms with van der Waals surface area (Å²) >= 11 is 6.65. The molecule has 5 nitrogen and oxygen atoms in total. The van der Waals surface area contributed by atoms with Crippen LogP contribution in [0.25, 0.3) is 0 Å². The van der Waals surface area contributed by atoms with E-state index in [4.69, 9.17) is 23.1 Å². The molecule has 0 fully saturated rings. The summed E-state index contributed by atoms with van der Waals surface area (Å²) in [5.41, 5.74) is 9.88. The summed E-state index contributed by atoms with van der Waals surface area (Å²) < 4.78 is 0.184. The number of amides is 2. The van der Waals surface area contributed by atoms with Crippen molar-refractivity contribution in [2.45, 2.75) is 6.42 Å². The predicted octanol–water partition coefficient (Wildman–Crippen LogP) is -0.0768. The Morgan fingerprint density at radius 3 is 2.46 bits per heavy atom. The largest absolute Gasteiger partial charge is 0.369 e. The average Bonchev–Trinajstić information content (AvgIpc) is 2.29. The smallest absolute Gasteiger partial charge is 0.269 e. The fourth-order valence-corrected chi connectivity index (χ4v) is 1.92. The zero-order valence-electron chi connectivity index (χ0n) is 6.41. The molecule has 2 amide bonds. The number of rotatable bonds is 3. The molecule has 1 aromatic rings. The predicted molar refractivity (Wildman–Crippen MR) is 48.5 cm³/mol. The summed E-state index contributed by atoms with van der Waals surface area (Å²) in [6.07, 6.45) is -0.0301. The van der Waals surface area contributed by atoms with E-state index in [9.17, 15) is 9.59 Å². The van der Waals surface area contributed by atoms with Crippen LogP contribution >= 0.6 is 22.9 Å². The van der Waals surface area contributed by atoms with E-state index in [0.717, 1.165) is 11.3 Å². The van der Waals surface area contributed by atoms with Crippen LogP contribution in [0.4, 0.5) is 0 Å². The van der Waals surface area contributed by atoms with Gasteiger partial charge in [0.05, 0.1) is 6.42 Å². The second-order valence-corrected chi connectivity index (χ2v) is 3.92. The fourth-order valence-electron chi connectivity index (χ4n) is 0.720. The highest BCUT2D eigenvalue weighted by Gasteiger charge is 2.14. The number of halogens is 1. The maximum absolute atomic E-state index is 10.7. The first kappa shape index (κ1) is 9.94. The number of primary amides is 2. The summed E-state index contributed by atoms with van der Waals surface area (Å²) in [5, 5.41) is 0.395. The van der Waals surface area contributed by atoms with Crippen LogP contribution in [-0.4, -0.2) is 16.8 Å². The molecule has 1 heterocycles. The van der Waals surface area contributed by atoms with Crippen LogP contribution in [0.1, 0.15) is 15.5 Å². The molecule has 1 aromatic heterocycles. The molecule has 0 saturated carbocycles. The van der Waals surface area contributed by atoms with Gasteiger partial charge in [-0.2, -0.15) is 0 Å². The SMILES string of the molecule is NC(=O)Cc1nc(C(N)=O)c(Cl)s1. The first-order chi connectivity index (χ1) is 6.00. The Morgan fingerprint density at radius 2 is 2.08 bits per heavy atom. The molecule has 0 atom stereocenters. The van der Waals surface area contributed by atoms with Crippen LogP contribution in [0.15, 0.2) is 0 Å². The van der Waals surface area contributed by atoms with Crippen LogP contribution in [0.5, 0.6) is 0 Å². The van der Waals surface area contributed by atoms with Gasteiger partial charge >= 0.3 is 0 Å². The van der Waals surface area contributed by atoms with Gasteiger partial charge in [-0.1, -0.05) is 11.6 Å². The highest BCUT2D eigenvalue weighted by Crippen LogP contribution is 2.23. The number of nitrogens with two attached hydrogens (primary N) is 2. The van der Waals surface area contributed by atoms with Crippen molar-refractivity contribution in [2.24, 2.45) is 11.5 Å². The minimum atomic E-state index is -0.711. The molecule has 13 heavy (non-hydrogen) atoms. The van der Waals surface area contributed by atoms with Crippen molar-refractivity contribution in [3.63, 3.8) is 0 Å². The lowest BCUT2D eigenvalue weighted by Gasteiger charge is -1.87. The van der Waals surface area contributed by atoms with E-state index in [2.05, 4.69) is 4.98 Å². The van der Waals surface area contributed by atoms with Crippen LogP contribution in [-0.2, 0) is 11.2 Å². The van der Waals surface area contributed by atoms with Crippen LogP contribution in [0.2, 0.25) is 4.34 Å². The highest BCUT2D eigenvalue weighted by molar-refractivity contribution is 7.16. The molecular weight excluding hydrogens is 214 g/mol. The van der Waals surface area contributed by atoms with Crippen molar-refractivity contribution in [1.82, 2.24) is 4.98 Å². The number of carbonyl (C=O) groups excluding carboxylic acids is 2. The molecule has 0 aliphatic heterocycles. The molecule has 4 N–H and O–H groups in total. The van der Waals surface area contributed by atoms with Crippen molar-refractivity contribution in [2.75, 3.05) is 0 Å². The van der Waals surface area contributed by atoms with Crippen molar-refractivity contribution in [3.8, 4) is 0 Å². The number of thiazole rings is 1. The van der Waals surface area contributed by atoms with Gasteiger partial charge in [0.2, 0.25) is 5.91 Å². The standard InChI is InChI=1S/C6H6ClN3O2S/c7-5-4(6(9)12)10-3(13-5)1-2(8)11/h1H2,(H2,8,11)(H2,9,12). The Kier molecular flexibility index (Phi) is 2.84. The molecule has 0 aromatic carbocycles. The summed E-state index contributed by atoms with van der Waals surface area (Å²) in [7, 11) is 0. The maximum atomic E-state index is 10.7. The van der Waals surface area contributed by atoms with Crippen LogP contribution in [0, 0.1) is 0 Å². The van der Waals surface area contributed by atoms with Crippen LogP contribution in [0.3, 0.4) is 0 Å². The van der Waals surface area contributed by atoms with Crippen molar-refractivity contribution >= 4 is 34.8 Å². The summed E-state index contributed by atoms with van der Waals surface area (Å²) in [5.74, 6) is -1.24. The Labute approximate surface area is 82.7 Å². The van der Waals surface area contributed by atoms with E-state index >= 15 is 0 Å². The molecule has 0 aliphatic rings. The monoisotopic (exact) mass is 219 g/mol. The van der Waals surface area contributed by atoms with E-state index in [1.807, 2.05) is 0 Å². The Hall–Kier alpha value is -1.14. The van der Waals surface area contributed by atoms with Gasteiger partial charge < -0.3 is 11.5 Å². The van der Waals surface area contributed by atoms with E-state index in [1.165, 1.54) is 0 Å². The second kappa shape index (κ2) is 3.71. The molecule has 7 heteroatoms. The molecule has 0 saturated heterocycles. The summed E-state index contributed by atoms with van der Waals surface area (Å²) in [6.45, 7) is 0. The Morgan fingerprint density at radius 1 is 1.46 bits per heavy atom. The van der Waals surface area contributed by atoms with E-state index in [-0.39, 0.29) is 16.5 Å². The zero-order valence-corrected chi connectivity index (χ0v) is 7.98. The normalized spacial score (nSPS) is 9.92. The maximum Gasteiger partial charge on any atom is 0.269 e. The lowest BCUT2D eigenvalue weighted by Crippen LogP contribution is -2.15. The number of hydrogen-bond acceptors (Lipinski definition) is 4. The van der Waals surface area contributed by atoms with E-state index < -0.39 is 11.8 Å². The second-order valence-electron chi connectivity index (χ2n) is 2.24. The van der Waals surface area contributed by atoms with Gasteiger partial charge in [0.25, 0.3) is 5.91 Å². The number of hydrogen-bond donors (Lipinski definition) is 2. The van der Waals surface area contributed by atoms with Gasteiger partial charge in [0.1, 0.15) is 9.34 Å². The third-order valence-corrected chi connectivity index (χ3v) is 2.44. The zero-order chi connectivity index (χ0) is 10.0. The highest BCUT2D eigenvalue weighted by atomic mass is 35.5. The van der Waals surface area contributed by atoms with Crippen LogP contribution < -0.4 is 11.5 Å². The van der Waals surface area contributed by atoms with E-state index in [1.54, 1.807) is 0 Å². The van der Waals surface area contributed by atoms with Gasteiger partial charge in [-0.3, -0.25) is 9.59 Å². The number of carbonyl (C=O) groups is 2. The van der Waals surface area contributed by atoms with Gasteiger partial charge in [0.15, 0.2) is 5.69 Å². The Balaban J connectivity index is 2.95. The molecule has 0 bridgehead atoms. The van der Waals surface area contributed by atoms with Gasteiger partial charge in [-0.15, -0.1) is 11.3 Å². The summed E-state index contributed by atoms with van der Waals surface area (Å²) in [4.78, 5) is 24.9. The minimum absolute atomic E-state index is 0.0112. The third-order valence-electron chi connectivity index (χ3n) is 1.19. The number of aromatic nitrogens is 1. The lowest BCUT2D eigenvalue weighted by atomic mass is 10.4. The lowest BCUT2D eigenvalue weighted by molar-refractivity contribution is -0.117. The molecule has 0 aliphatic carbocycles. The van der Waals surface area contributed by atoms with Gasteiger partial charge in [-0.05, 0) is 0 Å². The summed E-state index contributed by atoms with van der Waals surface area (Å²) in [6, 6.07) is 0. The fraction of sp³-hybridized carbons (Fsp3) is 0.167. The quantitative estimate of drug-likeness (QED) is 0.744. The minimum Gasteiger partial charge on any atom is -0.369 e. The van der Waals surface area contributed by atoms with Gasteiger partial charge in [0, 0.05) is 0 Å². The Bertz CT molecular complexity index is 363. The number of nitrogens with zero attached hydrogens (tertiary/aromatic N) is 1. The molecule has 0 radical (unpaired) electrons. The average molecular weight is 220 g/mol. The van der Waals surface area contributed by atoms with Crippen molar-refractivity contribution < 1.29 is 9.59 Å². The molecule has 70 valence electrons. The molecule has 0 spiro atoms. The third kappa shape index (κ3) is 2.40. The first-order valence-electron chi connectivity index (χ1n) is 3.24. The first-order valence-corrected chi connectivity index (χ1v) is 4.43. The van der Waals surface area contributed by atoms with Crippen molar-refractivity contribution in [1.29, 1.82) is 0 Å². The molecular formula is C6H6ClN3O2S. The molecule has 1 rings (SSSR count). The topological polar surface area (TPSA) is 99.1 Å². The van der Waals surface area contributed by atoms with Gasteiger partial charge in [-0.25, -0.2) is 4.98 Å². The van der Waals surface area contributed by atoms with E-state index in [0.29, 0.717) is 5.01 Å². The van der Waals surface area contributed by atoms with Crippen molar-refractivity contribution in [3.05, 3.63) is 15.0 Å². The molecule has 0 unspecified atom stereocenters.